The maximum Gasteiger partial charge on any atom is 0.389 e. The molecular formula is C9H16F3NO. The van der Waals surface area contributed by atoms with Gasteiger partial charge in [0, 0.05) is 6.42 Å². The first kappa shape index (κ1) is 11.8. The average molecular weight is 211 g/mol. The van der Waals surface area contributed by atoms with E-state index in [0.29, 0.717) is 0 Å². The summed E-state index contributed by atoms with van der Waals surface area (Å²) in [4.78, 5) is 0. The lowest BCUT2D eigenvalue weighted by molar-refractivity contribution is -0.141. The lowest BCUT2D eigenvalue weighted by Gasteiger charge is -2.27. The molecule has 1 saturated heterocycles. The van der Waals surface area contributed by atoms with Crippen molar-refractivity contribution < 1.29 is 18.3 Å². The Bertz CT molecular complexity index is 166. The molecule has 1 aliphatic rings. The fourth-order valence-corrected chi connectivity index (χ4v) is 1.78. The number of alkyl halides is 3. The van der Waals surface area contributed by atoms with Gasteiger partial charge in [0.25, 0.3) is 0 Å². The Balaban J connectivity index is 2.23. The Morgan fingerprint density at radius 1 is 1.29 bits per heavy atom. The van der Waals surface area contributed by atoms with E-state index < -0.39 is 18.7 Å². The molecule has 0 amide bonds. The summed E-state index contributed by atoms with van der Waals surface area (Å²) < 4.78 is 35.6. The second-order valence-corrected chi connectivity index (χ2v) is 3.81. The fraction of sp³-hybridized carbons (Fsp3) is 1.00. The molecular weight excluding hydrogens is 195 g/mol. The normalized spacial score (nSPS) is 22.3. The van der Waals surface area contributed by atoms with Crippen LogP contribution in [0.2, 0.25) is 0 Å². The largest absolute Gasteiger partial charge is 0.393 e. The lowest BCUT2D eigenvalue weighted by atomic mass is 9.90. The molecule has 2 nitrogen and oxygen atoms in total. The predicted octanol–water partition coefficient (Wildman–Crippen LogP) is 1.69. The highest BCUT2D eigenvalue weighted by atomic mass is 19.4. The molecule has 1 heterocycles. The van der Waals surface area contributed by atoms with E-state index in [1.54, 1.807) is 0 Å². The first-order valence-electron chi connectivity index (χ1n) is 4.94. The third-order valence-electron chi connectivity index (χ3n) is 2.65. The number of aliphatic hydroxyl groups is 1. The zero-order valence-electron chi connectivity index (χ0n) is 7.98. The summed E-state index contributed by atoms with van der Waals surface area (Å²) in [6.07, 6.45) is -4.42. The smallest absolute Gasteiger partial charge is 0.389 e. The van der Waals surface area contributed by atoms with Crippen LogP contribution in [0.4, 0.5) is 13.2 Å². The van der Waals surface area contributed by atoms with Gasteiger partial charge in [-0.1, -0.05) is 0 Å². The van der Waals surface area contributed by atoms with Crippen molar-refractivity contribution in [3.05, 3.63) is 0 Å². The molecule has 2 N–H and O–H groups in total. The van der Waals surface area contributed by atoms with Crippen LogP contribution in [-0.4, -0.2) is 30.5 Å². The van der Waals surface area contributed by atoms with E-state index in [9.17, 15) is 18.3 Å². The quantitative estimate of drug-likeness (QED) is 0.744. The van der Waals surface area contributed by atoms with Gasteiger partial charge >= 0.3 is 6.18 Å². The first-order valence-corrected chi connectivity index (χ1v) is 4.94. The monoisotopic (exact) mass is 211 g/mol. The maximum absolute atomic E-state index is 11.9. The van der Waals surface area contributed by atoms with Crippen LogP contribution in [0, 0.1) is 5.92 Å². The topological polar surface area (TPSA) is 32.3 Å². The standard InChI is InChI=1S/C9H16F3NO/c10-9(11,12)4-1-8(14)7-2-5-13-6-3-7/h7-8,13-14H,1-6H2. The van der Waals surface area contributed by atoms with E-state index in [-0.39, 0.29) is 12.3 Å². The molecule has 0 aliphatic carbocycles. The minimum absolute atomic E-state index is 0.0404. The zero-order chi connectivity index (χ0) is 10.6. The van der Waals surface area contributed by atoms with Gasteiger partial charge in [0.1, 0.15) is 0 Å². The summed E-state index contributed by atoms with van der Waals surface area (Å²) in [7, 11) is 0. The number of aliphatic hydroxyl groups excluding tert-OH is 1. The van der Waals surface area contributed by atoms with Gasteiger partial charge in [-0.15, -0.1) is 0 Å². The van der Waals surface area contributed by atoms with Gasteiger partial charge in [-0.05, 0) is 38.3 Å². The second-order valence-electron chi connectivity index (χ2n) is 3.81. The van der Waals surface area contributed by atoms with Crippen molar-refractivity contribution in [3.8, 4) is 0 Å². The van der Waals surface area contributed by atoms with Crippen molar-refractivity contribution >= 4 is 0 Å². The van der Waals surface area contributed by atoms with E-state index >= 15 is 0 Å². The van der Waals surface area contributed by atoms with Gasteiger partial charge in [-0.3, -0.25) is 0 Å². The summed E-state index contributed by atoms with van der Waals surface area (Å²) in [5.41, 5.74) is 0. The molecule has 84 valence electrons. The molecule has 1 atom stereocenters. The Kier molecular flexibility index (Phi) is 4.19. The van der Waals surface area contributed by atoms with E-state index in [2.05, 4.69) is 5.32 Å². The first-order chi connectivity index (χ1) is 6.49. The third kappa shape index (κ3) is 4.28. The van der Waals surface area contributed by atoms with Gasteiger partial charge in [-0.2, -0.15) is 13.2 Å². The summed E-state index contributed by atoms with van der Waals surface area (Å²) in [5.74, 6) is 0.0404. The Morgan fingerprint density at radius 3 is 2.36 bits per heavy atom. The molecule has 5 heteroatoms. The zero-order valence-corrected chi connectivity index (χ0v) is 7.98. The minimum atomic E-state index is -4.14. The molecule has 14 heavy (non-hydrogen) atoms. The Hall–Kier alpha value is -0.290. The summed E-state index contributed by atoms with van der Waals surface area (Å²) in [5, 5.41) is 12.6. The van der Waals surface area contributed by atoms with Gasteiger partial charge in [0.2, 0.25) is 0 Å². The number of halogens is 3. The van der Waals surface area contributed by atoms with Crippen LogP contribution in [0.5, 0.6) is 0 Å². The molecule has 1 unspecified atom stereocenters. The fourth-order valence-electron chi connectivity index (χ4n) is 1.78. The molecule has 1 aliphatic heterocycles. The highest BCUT2D eigenvalue weighted by Crippen LogP contribution is 2.26. The third-order valence-corrected chi connectivity index (χ3v) is 2.65. The number of hydrogen-bond acceptors (Lipinski definition) is 2. The van der Waals surface area contributed by atoms with Crippen molar-refractivity contribution in [2.45, 2.75) is 38.0 Å². The van der Waals surface area contributed by atoms with Crippen LogP contribution in [0.3, 0.4) is 0 Å². The summed E-state index contributed by atoms with van der Waals surface area (Å²) in [6, 6.07) is 0. The molecule has 0 aromatic rings. The van der Waals surface area contributed by atoms with Crippen LogP contribution in [0.25, 0.3) is 0 Å². The van der Waals surface area contributed by atoms with E-state index in [4.69, 9.17) is 0 Å². The second kappa shape index (κ2) is 4.98. The minimum Gasteiger partial charge on any atom is -0.393 e. The molecule has 0 bridgehead atoms. The number of rotatable bonds is 3. The van der Waals surface area contributed by atoms with Crippen LogP contribution in [0.1, 0.15) is 25.7 Å². The molecule has 0 spiro atoms. The number of hydrogen-bond donors (Lipinski definition) is 2. The summed E-state index contributed by atoms with van der Waals surface area (Å²) in [6.45, 7) is 1.60. The molecule has 0 aromatic heterocycles. The van der Waals surface area contributed by atoms with Crippen molar-refractivity contribution in [3.63, 3.8) is 0 Å². The van der Waals surface area contributed by atoms with Gasteiger partial charge in [0.05, 0.1) is 6.10 Å². The van der Waals surface area contributed by atoms with Crippen LogP contribution < -0.4 is 5.32 Å². The molecule has 0 aromatic carbocycles. The number of piperidine rings is 1. The maximum atomic E-state index is 11.9. The highest BCUT2D eigenvalue weighted by Gasteiger charge is 2.30. The van der Waals surface area contributed by atoms with Gasteiger partial charge in [0.15, 0.2) is 0 Å². The van der Waals surface area contributed by atoms with E-state index in [1.165, 1.54) is 0 Å². The molecule has 1 rings (SSSR count). The van der Waals surface area contributed by atoms with Crippen molar-refractivity contribution in [1.29, 1.82) is 0 Å². The number of nitrogens with one attached hydrogen (secondary N) is 1. The average Bonchev–Trinajstić information content (AvgIpc) is 2.14. The van der Waals surface area contributed by atoms with E-state index in [0.717, 1.165) is 25.9 Å². The highest BCUT2D eigenvalue weighted by molar-refractivity contribution is 4.75. The van der Waals surface area contributed by atoms with Crippen molar-refractivity contribution in [2.24, 2.45) is 5.92 Å². The molecule has 0 radical (unpaired) electrons. The van der Waals surface area contributed by atoms with Gasteiger partial charge in [-0.25, -0.2) is 0 Å². The molecule has 0 saturated carbocycles. The lowest BCUT2D eigenvalue weighted by Crippen LogP contribution is -2.34. The van der Waals surface area contributed by atoms with Gasteiger partial charge < -0.3 is 10.4 Å². The Morgan fingerprint density at radius 2 is 1.86 bits per heavy atom. The SMILES string of the molecule is OC(CCC(F)(F)F)C1CCNCC1. The Labute approximate surface area is 81.5 Å². The summed E-state index contributed by atoms with van der Waals surface area (Å²) >= 11 is 0. The van der Waals surface area contributed by atoms with Crippen LogP contribution >= 0.6 is 0 Å². The van der Waals surface area contributed by atoms with Crippen molar-refractivity contribution in [2.75, 3.05) is 13.1 Å². The molecule has 1 fully saturated rings. The van der Waals surface area contributed by atoms with Crippen LogP contribution in [0.15, 0.2) is 0 Å². The van der Waals surface area contributed by atoms with Crippen LogP contribution in [-0.2, 0) is 0 Å². The van der Waals surface area contributed by atoms with Crippen molar-refractivity contribution in [1.82, 2.24) is 5.32 Å². The van der Waals surface area contributed by atoms with E-state index in [1.807, 2.05) is 0 Å². The predicted molar refractivity (Wildman–Crippen MR) is 46.9 cm³/mol.